The van der Waals surface area contributed by atoms with Gasteiger partial charge in [0.25, 0.3) is 0 Å². The number of carboxylic acids is 1. The van der Waals surface area contributed by atoms with Crippen molar-refractivity contribution in [2.24, 2.45) is 39.4 Å². The van der Waals surface area contributed by atoms with Crippen molar-refractivity contribution in [3.63, 3.8) is 0 Å². The molecule has 6 N–H and O–H groups in total. The quantitative estimate of drug-likeness (QED) is 0.0625. The molecule has 9 nitrogen and oxygen atoms in total. The van der Waals surface area contributed by atoms with Crippen molar-refractivity contribution < 1.29 is 24.9 Å². The van der Waals surface area contributed by atoms with E-state index in [1.807, 2.05) is 0 Å². The Morgan fingerprint density at radius 3 is 2.18 bits per heavy atom. The molecule has 0 aromatic carbocycles. The summed E-state index contributed by atoms with van der Waals surface area (Å²) in [5, 5.41) is 31.5. The van der Waals surface area contributed by atoms with Crippen LogP contribution in [0.1, 0.15) is 116 Å². The Labute approximate surface area is 235 Å². The first-order valence-corrected chi connectivity index (χ1v) is 15.4. The molecule has 0 heterocycles. The Hall–Kier alpha value is -1.84. The van der Waals surface area contributed by atoms with Gasteiger partial charge in [0.2, 0.25) is 0 Å². The van der Waals surface area contributed by atoms with E-state index >= 15 is 0 Å². The Balaban J connectivity index is 1.69. The molecule has 2 aliphatic carbocycles. The minimum atomic E-state index is -1.80. The van der Waals surface area contributed by atoms with Gasteiger partial charge in [0.15, 0.2) is 6.29 Å². The van der Waals surface area contributed by atoms with Gasteiger partial charge < -0.3 is 31.2 Å². The van der Waals surface area contributed by atoms with E-state index in [0.29, 0.717) is 37.1 Å². The Morgan fingerprint density at radius 2 is 1.62 bits per heavy atom. The van der Waals surface area contributed by atoms with Crippen molar-refractivity contribution in [2.75, 3.05) is 7.05 Å². The molecule has 2 rings (SSSR count). The fourth-order valence-corrected chi connectivity index (χ4v) is 6.79. The average molecular weight is 551 g/mol. The van der Waals surface area contributed by atoms with Gasteiger partial charge in [0.1, 0.15) is 18.0 Å². The molecule has 2 saturated carbocycles. The van der Waals surface area contributed by atoms with Crippen molar-refractivity contribution in [1.29, 1.82) is 0 Å². The minimum Gasteiger partial charge on any atom is -0.481 e. The maximum atomic E-state index is 11.5. The lowest BCUT2D eigenvalue weighted by atomic mass is 9.75. The first kappa shape index (κ1) is 33.4. The van der Waals surface area contributed by atoms with Gasteiger partial charge in [-0.1, -0.05) is 64.2 Å². The number of nitrogens with zero attached hydrogens (tertiary/aromatic N) is 2. The SMILES string of the molecule is CN=C(CCCCC1CCCC(NC(CC=O)C2CCC(CCCC(C(=O)O)C(O)O)CC2)CCC1)N=CN. The minimum absolute atomic E-state index is 0.246. The van der Waals surface area contributed by atoms with Gasteiger partial charge in [0.05, 0.1) is 6.34 Å². The standard InChI is InChI=1S/C30H54N4O5/c1-32-28(33-21-31)14-3-2-7-22-8-4-11-25(12-5-9-22)34-27(19-20-35)24-17-15-23(16-18-24)10-6-13-26(29(36)37)30(38)39/h20-27,29,34,36-37H,2-19H2,1H3,(H,38,39)(H2,31,32,33). The lowest BCUT2D eigenvalue weighted by molar-refractivity contribution is -0.159. The number of amidine groups is 1. The molecule has 224 valence electrons. The molecule has 0 aliphatic heterocycles. The lowest BCUT2D eigenvalue weighted by Crippen LogP contribution is -2.44. The van der Waals surface area contributed by atoms with Gasteiger partial charge in [-0.3, -0.25) is 9.79 Å². The van der Waals surface area contributed by atoms with Gasteiger partial charge in [-0.05, 0) is 56.3 Å². The van der Waals surface area contributed by atoms with Crippen LogP contribution < -0.4 is 11.1 Å². The first-order valence-electron chi connectivity index (χ1n) is 15.4. The van der Waals surface area contributed by atoms with Crippen molar-refractivity contribution in [3.05, 3.63) is 0 Å². The van der Waals surface area contributed by atoms with Crippen molar-refractivity contribution >= 4 is 24.4 Å². The number of carboxylic acid groups (broad SMARTS) is 1. The number of nitrogens with one attached hydrogen (secondary N) is 1. The molecule has 0 aromatic heterocycles. The van der Waals surface area contributed by atoms with Crippen LogP contribution in [0.2, 0.25) is 0 Å². The van der Waals surface area contributed by atoms with Crippen LogP contribution in [0.25, 0.3) is 0 Å². The van der Waals surface area contributed by atoms with Gasteiger partial charge in [0, 0.05) is 32.0 Å². The highest BCUT2D eigenvalue weighted by Gasteiger charge is 2.30. The Morgan fingerprint density at radius 1 is 0.974 bits per heavy atom. The summed E-state index contributed by atoms with van der Waals surface area (Å²) in [6, 6.07) is 0.735. The summed E-state index contributed by atoms with van der Waals surface area (Å²) in [5.41, 5.74) is 5.38. The zero-order chi connectivity index (χ0) is 28.5. The summed E-state index contributed by atoms with van der Waals surface area (Å²) in [6.07, 6.45) is 19.3. The van der Waals surface area contributed by atoms with E-state index < -0.39 is 18.2 Å². The van der Waals surface area contributed by atoms with Crippen LogP contribution in [-0.4, -0.2) is 65.2 Å². The van der Waals surface area contributed by atoms with E-state index in [9.17, 15) is 19.8 Å². The number of carbonyl (C=O) groups is 2. The molecule has 0 spiro atoms. The Bertz CT molecular complexity index is 742. The molecule has 39 heavy (non-hydrogen) atoms. The molecule has 2 fully saturated rings. The summed E-state index contributed by atoms with van der Waals surface area (Å²) in [6.45, 7) is 0. The molecule has 0 amide bonds. The lowest BCUT2D eigenvalue weighted by Gasteiger charge is -2.36. The highest BCUT2D eigenvalue weighted by Crippen LogP contribution is 2.35. The van der Waals surface area contributed by atoms with Crippen LogP contribution >= 0.6 is 0 Å². The molecular formula is C30H54N4O5. The molecule has 9 heteroatoms. The monoisotopic (exact) mass is 550 g/mol. The van der Waals surface area contributed by atoms with Crippen LogP contribution in [0.15, 0.2) is 9.98 Å². The maximum absolute atomic E-state index is 11.5. The summed E-state index contributed by atoms with van der Waals surface area (Å²) < 4.78 is 0. The number of carbonyl (C=O) groups excluding carboxylic acids is 1. The van der Waals surface area contributed by atoms with E-state index in [1.165, 1.54) is 57.7 Å². The van der Waals surface area contributed by atoms with E-state index in [2.05, 4.69) is 15.3 Å². The second kappa shape index (κ2) is 19.3. The van der Waals surface area contributed by atoms with Gasteiger partial charge in [-0.25, -0.2) is 4.99 Å². The average Bonchev–Trinajstić information content (AvgIpc) is 2.90. The molecule has 0 aromatic rings. The van der Waals surface area contributed by atoms with Crippen LogP contribution in [0.5, 0.6) is 0 Å². The first-order chi connectivity index (χ1) is 18.9. The number of aldehydes is 1. The van der Waals surface area contributed by atoms with Crippen LogP contribution in [0.4, 0.5) is 0 Å². The van der Waals surface area contributed by atoms with Crippen LogP contribution in [-0.2, 0) is 9.59 Å². The predicted molar refractivity (Wildman–Crippen MR) is 156 cm³/mol. The van der Waals surface area contributed by atoms with Crippen molar-refractivity contribution in [2.45, 2.75) is 134 Å². The number of aliphatic carboxylic acids is 1. The Kier molecular flexibility index (Phi) is 16.5. The van der Waals surface area contributed by atoms with E-state index in [0.717, 1.165) is 63.0 Å². The zero-order valence-electron chi connectivity index (χ0n) is 24.1. The fraction of sp³-hybridized carbons (Fsp3) is 0.867. The predicted octanol–water partition coefficient (Wildman–Crippen LogP) is 4.44. The number of rotatable bonds is 16. The van der Waals surface area contributed by atoms with Crippen molar-refractivity contribution in [1.82, 2.24) is 5.32 Å². The molecule has 2 aliphatic rings. The molecule has 2 atom stereocenters. The van der Waals surface area contributed by atoms with E-state index in [4.69, 9.17) is 10.8 Å². The number of aliphatic hydroxyl groups excluding tert-OH is 1. The molecule has 0 radical (unpaired) electrons. The maximum Gasteiger partial charge on any atom is 0.311 e. The van der Waals surface area contributed by atoms with E-state index in [1.54, 1.807) is 7.05 Å². The highest BCUT2D eigenvalue weighted by molar-refractivity contribution is 5.88. The summed E-state index contributed by atoms with van der Waals surface area (Å²) in [5.74, 6) is 0.444. The van der Waals surface area contributed by atoms with E-state index in [-0.39, 0.29) is 6.04 Å². The topological polar surface area (TPSA) is 158 Å². The third kappa shape index (κ3) is 12.9. The number of nitrogens with two attached hydrogens (primary N) is 1. The smallest absolute Gasteiger partial charge is 0.311 e. The summed E-state index contributed by atoms with van der Waals surface area (Å²) >= 11 is 0. The van der Waals surface area contributed by atoms with Gasteiger partial charge in [-0.2, -0.15) is 0 Å². The van der Waals surface area contributed by atoms with Gasteiger partial charge in [-0.15, -0.1) is 0 Å². The van der Waals surface area contributed by atoms with Crippen LogP contribution in [0.3, 0.4) is 0 Å². The zero-order valence-corrected chi connectivity index (χ0v) is 24.1. The van der Waals surface area contributed by atoms with Crippen molar-refractivity contribution in [3.8, 4) is 0 Å². The molecule has 2 unspecified atom stereocenters. The number of unbranched alkanes of at least 4 members (excludes halogenated alkanes) is 1. The second-order valence-electron chi connectivity index (χ2n) is 11.8. The second-order valence-corrected chi connectivity index (χ2v) is 11.8. The highest BCUT2D eigenvalue weighted by atomic mass is 16.5. The number of aliphatic imine (C=N–C) groups is 2. The summed E-state index contributed by atoms with van der Waals surface area (Å²) in [4.78, 5) is 31.0. The summed E-state index contributed by atoms with van der Waals surface area (Å²) in [7, 11) is 1.77. The normalized spacial score (nSPS) is 26.7. The third-order valence-electron chi connectivity index (χ3n) is 9.14. The molecule has 0 bridgehead atoms. The number of aliphatic hydroxyl groups is 2. The largest absolute Gasteiger partial charge is 0.481 e. The van der Waals surface area contributed by atoms with Gasteiger partial charge >= 0.3 is 5.97 Å². The molecular weight excluding hydrogens is 496 g/mol. The van der Waals surface area contributed by atoms with Crippen LogP contribution in [0, 0.1) is 23.7 Å². The molecule has 0 saturated heterocycles. The fourth-order valence-electron chi connectivity index (χ4n) is 6.79. The third-order valence-corrected chi connectivity index (χ3v) is 9.14. The number of hydrogen-bond acceptors (Lipinski definition) is 6. The number of hydrogen-bond donors (Lipinski definition) is 5.